The SMILES string of the molecule is Cc1cc[c-](C)c1C.[NH2-].[Zr+2]. The van der Waals surface area contributed by atoms with E-state index in [4.69, 9.17) is 0 Å². The van der Waals surface area contributed by atoms with Crippen LogP contribution in [0, 0.1) is 20.8 Å². The molecule has 0 aliphatic heterocycles. The molecule has 0 aliphatic rings. The number of rotatable bonds is 0. The Bertz CT molecular complexity index is 172. The molecule has 0 spiro atoms. The van der Waals surface area contributed by atoms with Gasteiger partial charge in [0.15, 0.2) is 0 Å². The van der Waals surface area contributed by atoms with Crippen LogP contribution in [-0.4, -0.2) is 0 Å². The minimum atomic E-state index is 0. The molecular formula is C8H13NZr. The van der Waals surface area contributed by atoms with Crippen molar-refractivity contribution in [2.75, 3.05) is 0 Å². The van der Waals surface area contributed by atoms with Crippen molar-refractivity contribution in [1.29, 1.82) is 0 Å². The first-order chi connectivity index (χ1) is 3.72. The smallest absolute Gasteiger partial charge is 0.693 e. The van der Waals surface area contributed by atoms with Crippen molar-refractivity contribution in [3.8, 4) is 0 Å². The van der Waals surface area contributed by atoms with Gasteiger partial charge in [-0.1, -0.05) is 20.8 Å². The van der Waals surface area contributed by atoms with Crippen LogP contribution in [0.4, 0.5) is 0 Å². The molecule has 1 aromatic carbocycles. The van der Waals surface area contributed by atoms with Gasteiger partial charge in [0.05, 0.1) is 0 Å². The topological polar surface area (TPSA) is 33.5 Å². The Labute approximate surface area is 81.9 Å². The molecule has 2 N–H and O–H groups in total. The Kier molecular flexibility index (Phi) is 6.32. The van der Waals surface area contributed by atoms with Crippen LogP contribution in [0.2, 0.25) is 0 Å². The quantitative estimate of drug-likeness (QED) is 0.595. The van der Waals surface area contributed by atoms with Crippen LogP contribution < -0.4 is 0 Å². The predicted octanol–water partition coefficient (Wildman–Crippen LogP) is 3.05. The number of aryl methyl sites for hydroxylation is 2. The molecule has 1 rings (SSSR count). The summed E-state index contributed by atoms with van der Waals surface area (Å²) in [4.78, 5) is 0. The minimum Gasteiger partial charge on any atom is -0.693 e. The van der Waals surface area contributed by atoms with E-state index in [1.165, 1.54) is 16.7 Å². The summed E-state index contributed by atoms with van der Waals surface area (Å²) in [6.07, 6.45) is 0. The van der Waals surface area contributed by atoms with E-state index in [0.29, 0.717) is 0 Å². The molecule has 0 amide bonds. The largest absolute Gasteiger partial charge is 2.00 e. The van der Waals surface area contributed by atoms with E-state index < -0.39 is 0 Å². The van der Waals surface area contributed by atoms with Gasteiger partial charge in [0, 0.05) is 0 Å². The monoisotopic (exact) mass is 213 g/mol. The van der Waals surface area contributed by atoms with Crippen LogP contribution in [0.3, 0.4) is 0 Å². The third-order valence-corrected chi connectivity index (χ3v) is 1.77. The van der Waals surface area contributed by atoms with Crippen LogP contribution in [0.25, 0.3) is 6.15 Å². The van der Waals surface area contributed by atoms with Gasteiger partial charge in [0.1, 0.15) is 0 Å². The van der Waals surface area contributed by atoms with Crippen LogP contribution in [0.5, 0.6) is 0 Å². The molecule has 0 aliphatic carbocycles. The second-order valence-corrected chi connectivity index (χ2v) is 2.32. The van der Waals surface area contributed by atoms with Gasteiger partial charge in [-0.05, 0) is 0 Å². The summed E-state index contributed by atoms with van der Waals surface area (Å²) in [5.41, 5.74) is 4.25. The third kappa shape index (κ3) is 2.44. The van der Waals surface area contributed by atoms with Gasteiger partial charge in [0.2, 0.25) is 0 Å². The number of hydrogen-bond acceptors (Lipinski definition) is 0. The fourth-order valence-electron chi connectivity index (χ4n) is 0.811. The zero-order valence-electron chi connectivity index (χ0n) is 6.73. The molecule has 0 atom stereocenters. The zero-order chi connectivity index (χ0) is 6.15. The second kappa shape index (κ2) is 4.93. The van der Waals surface area contributed by atoms with Gasteiger partial charge in [-0.2, -0.15) is 22.8 Å². The van der Waals surface area contributed by atoms with Gasteiger partial charge in [-0.3, -0.25) is 0 Å². The van der Waals surface area contributed by atoms with E-state index >= 15 is 0 Å². The Morgan fingerprint density at radius 1 is 1.30 bits per heavy atom. The molecule has 0 saturated carbocycles. The van der Waals surface area contributed by atoms with E-state index in [1.54, 1.807) is 0 Å². The summed E-state index contributed by atoms with van der Waals surface area (Å²) in [5.74, 6) is 0. The van der Waals surface area contributed by atoms with Crippen molar-refractivity contribution < 1.29 is 26.2 Å². The van der Waals surface area contributed by atoms with Crippen molar-refractivity contribution in [2.45, 2.75) is 20.8 Å². The molecular weight excluding hydrogens is 201 g/mol. The first-order valence-electron chi connectivity index (χ1n) is 2.91. The van der Waals surface area contributed by atoms with Crippen LogP contribution in [0.1, 0.15) is 16.7 Å². The van der Waals surface area contributed by atoms with E-state index in [1.807, 2.05) is 0 Å². The average Bonchev–Trinajstić information content (AvgIpc) is 1.98. The predicted molar refractivity (Wildman–Crippen MR) is 41.5 cm³/mol. The third-order valence-electron chi connectivity index (χ3n) is 1.77. The van der Waals surface area contributed by atoms with Crippen molar-refractivity contribution in [3.05, 3.63) is 35.0 Å². The Morgan fingerprint density at radius 3 is 1.90 bits per heavy atom. The molecule has 2 heteroatoms. The first kappa shape index (κ1) is 12.8. The maximum Gasteiger partial charge on any atom is 2.00 e. The van der Waals surface area contributed by atoms with E-state index in [0.717, 1.165) is 0 Å². The van der Waals surface area contributed by atoms with Gasteiger partial charge in [-0.25, -0.2) is 6.07 Å². The fourth-order valence-corrected chi connectivity index (χ4v) is 0.811. The Hall–Kier alpha value is 0.193. The summed E-state index contributed by atoms with van der Waals surface area (Å²) >= 11 is 0. The number of hydrogen-bond donors (Lipinski definition) is 0. The number of nitrogens with two attached hydrogens (primary N) is 1. The first-order valence-corrected chi connectivity index (χ1v) is 2.91. The standard InChI is InChI=1S/C8H11.H2N.Zr/c1-6-4-5-7(2)8(6)3;;/h4-5H,1-3H3;1H2;/q2*-1;+2. The van der Waals surface area contributed by atoms with Crippen molar-refractivity contribution in [2.24, 2.45) is 0 Å². The van der Waals surface area contributed by atoms with Gasteiger partial charge < -0.3 is 6.15 Å². The summed E-state index contributed by atoms with van der Waals surface area (Å²) in [6.45, 7) is 6.44. The molecule has 0 unspecified atom stereocenters. The van der Waals surface area contributed by atoms with Crippen LogP contribution in [0.15, 0.2) is 12.1 Å². The molecule has 0 bridgehead atoms. The summed E-state index contributed by atoms with van der Waals surface area (Å²) < 4.78 is 0. The second-order valence-electron chi connectivity index (χ2n) is 2.32. The Morgan fingerprint density at radius 2 is 1.80 bits per heavy atom. The van der Waals surface area contributed by atoms with E-state index in [2.05, 4.69) is 32.9 Å². The van der Waals surface area contributed by atoms with Crippen molar-refractivity contribution in [1.82, 2.24) is 0 Å². The van der Waals surface area contributed by atoms with Gasteiger partial charge in [-0.15, -0.1) is 0 Å². The van der Waals surface area contributed by atoms with Gasteiger partial charge >= 0.3 is 26.2 Å². The molecule has 0 heterocycles. The van der Waals surface area contributed by atoms with E-state index in [9.17, 15) is 0 Å². The van der Waals surface area contributed by atoms with E-state index in [-0.39, 0.29) is 32.4 Å². The molecule has 54 valence electrons. The minimum absolute atomic E-state index is 0. The van der Waals surface area contributed by atoms with Crippen molar-refractivity contribution >= 4 is 0 Å². The van der Waals surface area contributed by atoms with Gasteiger partial charge in [0.25, 0.3) is 0 Å². The molecule has 0 saturated heterocycles. The fraction of sp³-hybridized carbons (Fsp3) is 0.375. The summed E-state index contributed by atoms with van der Waals surface area (Å²) in [7, 11) is 0. The van der Waals surface area contributed by atoms with Crippen LogP contribution >= 0.6 is 0 Å². The van der Waals surface area contributed by atoms with Crippen molar-refractivity contribution in [3.63, 3.8) is 0 Å². The molecule has 0 aromatic heterocycles. The molecule has 0 radical (unpaired) electrons. The molecule has 0 fully saturated rings. The Balaban J connectivity index is 0. The average molecular weight is 214 g/mol. The summed E-state index contributed by atoms with van der Waals surface area (Å²) in [6, 6.07) is 4.31. The zero-order valence-corrected chi connectivity index (χ0v) is 9.19. The maximum atomic E-state index is 2.16. The molecule has 1 nitrogen and oxygen atoms in total. The maximum absolute atomic E-state index is 2.16. The van der Waals surface area contributed by atoms with Crippen LogP contribution in [-0.2, 0) is 26.2 Å². The normalized spacial score (nSPS) is 7.90. The molecule has 1 aromatic rings. The summed E-state index contributed by atoms with van der Waals surface area (Å²) in [5, 5.41) is 0. The molecule has 10 heavy (non-hydrogen) atoms.